The van der Waals surface area contributed by atoms with E-state index in [1.165, 1.54) is 19.5 Å². The fourth-order valence-electron chi connectivity index (χ4n) is 3.87. The van der Waals surface area contributed by atoms with Gasteiger partial charge >= 0.3 is 0 Å². The summed E-state index contributed by atoms with van der Waals surface area (Å²) >= 11 is 0. The van der Waals surface area contributed by atoms with E-state index >= 15 is 0 Å². The number of amides is 1. The Bertz CT molecular complexity index is 543. The van der Waals surface area contributed by atoms with Crippen molar-refractivity contribution in [1.82, 2.24) is 19.8 Å². The van der Waals surface area contributed by atoms with Gasteiger partial charge in [0.2, 0.25) is 5.88 Å². The van der Waals surface area contributed by atoms with Gasteiger partial charge in [0.1, 0.15) is 5.69 Å². The summed E-state index contributed by atoms with van der Waals surface area (Å²) in [4.78, 5) is 24.7. The van der Waals surface area contributed by atoms with Gasteiger partial charge in [0, 0.05) is 26.2 Å². The summed E-state index contributed by atoms with van der Waals surface area (Å²) < 4.78 is 4.96. The number of carbonyl (C=O) groups is 1. The molecule has 0 aliphatic carbocycles. The van der Waals surface area contributed by atoms with Crippen molar-refractivity contribution in [2.75, 3.05) is 40.3 Å². The summed E-state index contributed by atoms with van der Waals surface area (Å²) in [5.41, 5.74) is 0.483. The van der Waals surface area contributed by atoms with E-state index in [-0.39, 0.29) is 17.4 Å². The van der Waals surface area contributed by atoms with Crippen LogP contribution in [0.1, 0.15) is 29.8 Å². The van der Waals surface area contributed by atoms with Gasteiger partial charge in [-0.2, -0.15) is 0 Å². The average Bonchev–Trinajstić information content (AvgIpc) is 2.54. The van der Waals surface area contributed by atoms with Crippen molar-refractivity contribution in [3.05, 3.63) is 18.1 Å². The van der Waals surface area contributed by atoms with Gasteiger partial charge in [0.05, 0.1) is 25.6 Å². The van der Waals surface area contributed by atoms with Crippen LogP contribution in [0.4, 0.5) is 0 Å². The molecule has 126 valence electrons. The monoisotopic (exact) mass is 320 g/mol. The topological polar surface area (TPSA) is 78.8 Å². The van der Waals surface area contributed by atoms with Gasteiger partial charge in [-0.1, -0.05) is 0 Å². The molecule has 1 aromatic heterocycles. The minimum Gasteiger partial charge on any atom is -0.480 e. The normalized spacial score (nSPS) is 24.7. The highest BCUT2D eigenvalue weighted by Crippen LogP contribution is 2.39. The Kier molecular flexibility index (Phi) is 4.50. The fourth-order valence-corrected chi connectivity index (χ4v) is 3.87. The number of aliphatic hydroxyl groups is 1. The van der Waals surface area contributed by atoms with Crippen LogP contribution in [0.3, 0.4) is 0 Å². The highest BCUT2D eigenvalue weighted by Gasteiger charge is 2.41. The number of β-amino-alcohol motifs (C(OH)–C–C–N with tert-alkyl or cyclic N) is 1. The van der Waals surface area contributed by atoms with Crippen LogP contribution in [0.2, 0.25) is 0 Å². The second-order valence-corrected chi connectivity index (χ2v) is 6.79. The maximum absolute atomic E-state index is 12.5. The number of likely N-dealkylation sites (N-methyl/N-ethyl adjacent to an activating group) is 1. The molecule has 1 atom stereocenters. The van der Waals surface area contributed by atoms with Crippen molar-refractivity contribution in [2.45, 2.75) is 25.4 Å². The molecule has 2 fully saturated rings. The third-order valence-corrected chi connectivity index (χ3v) is 4.96. The zero-order valence-electron chi connectivity index (χ0n) is 13.7. The second-order valence-electron chi connectivity index (χ2n) is 6.79. The van der Waals surface area contributed by atoms with Crippen LogP contribution < -0.4 is 4.74 Å². The summed E-state index contributed by atoms with van der Waals surface area (Å²) in [6.07, 6.45) is 5.34. The molecule has 2 aliphatic rings. The first-order valence-corrected chi connectivity index (χ1v) is 8.03. The maximum Gasteiger partial charge on any atom is 0.274 e. The maximum atomic E-state index is 12.5. The summed E-state index contributed by atoms with van der Waals surface area (Å²) in [7, 11) is 3.57. The highest BCUT2D eigenvalue weighted by atomic mass is 16.5. The molecular formula is C16H24N4O3. The molecule has 1 aromatic rings. The number of piperidine rings is 2. The first-order valence-electron chi connectivity index (χ1n) is 8.03. The van der Waals surface area contributed by atoms with Gasteiger partial charge in [-0.25, -0.2) is 9.97 Å². The van der Waals surface area contributed by atoms with E-state index in [1.54, 1.807) is 0 Å². The van der Waals surface area contributed by atoms with Crippen LogP contribution in [0.5, 0.6) is 5.88 Å². The van der Waals surface area contributed by atoms with E-state index in [0.29, 0.717) is 24.7 Å². The number of ether oxygens (including phenoxy) is 1. The fraction of sp³-hybridized carbons (Fsp3) is 0.688. The zero-order chi connectivity index (χ0) is 16.4. The molecule has 0 saturated carbocycles. The molecule has 1 spiro atoms. The van der Waals surface area contributed by atoms with E-state index in [4.69, 9.17) is 4.74 Å². The minimum absolute atomic E-state index is 0.0836. The molecule has 7 heteroatoms. The lowest BCUT2D eigenvalue weighted by atomic mass is 9.71. The number of aromatic nitrogens is 2. The van der Waals surface area contributed by atoms with Gasteiger partial charge in [-0.3, -0.25) is 4.79 Å². The molecule has 23 heavy (non-hydrogen) atoms. The number of carbonyl (C=O) groups excluding carboxylic acids is 1. The van der Waals surface area contributed by atoms with E-state index in [1.807, 2.05) is 4.90 Å². The van der Waals surface area contributed by atoms with Gasteiger partial charge in [0.15, 0.2) is 0 Å². The van der Waals surface area contributed by atoms with Crippen molar-refractivity contribution in [1.29, 1.82) is 0 Å². The number of likely N-dealkylation sites (tertiary alicyclic amines) is 2. The molecule has 3 heterocycles. The number of aliphatic hydroxyl groups excluding tert-OH is 1. The standard InChI is InChI=1S/C16H24N4O3/c1-19-10-12(21)7-16(11-19)3-5-20(6-4-16)15(22)13-8-18-14(23-2)9-17-13/h8-9,12,21H,3-7,10-11H2,1-2H3. The highest BCUT2D eigenvalue weighted by molar-refractivity contribution is 5.92. The van der Waals surface area contributed by atoms with Crippen LogP contribution in [-0.2, 0) is 0 Å². The molecule has 1 amide bonds. The van der Waals surface area contributed by atoms with Crippen molar-refractivity contribution in [3.63, 3.8) is 0 Å². The predicted molar refractivity (Wildman–Crippen MR) is 84.3 cm³/mol. The molecule has 7 nitrogen and oxygen atoms in total. The predicted octanol–water partition coefficient (Wildman–Crippen LogP) is 0.404. The van der Waals surface area contributed by atoms with Crippen LogP contribution in [0.15, 0.2) is 12.4 Å². The molecular weight excluding hydrogens is 296 g/mol. The Labute approximate surface area is 136 Å². The molecule has 3 rings (SSSR count). The zero-order valence-corrected chi connectivity index (χ0v) is 13.7. The van der Waals surface area contributed by atoms with Gasteiger partial charge < -0.3 is 19.6 Å². The molecule has 0 aromatic carbocycles. The Hall–Kier alpha value is -1.73. The quantitative estimate of drug-likeness (QED) is 0.850. The second kappa shape index (κ2) is 6.41. The third-order valence-electron chi connectivity index (χ3n) is 4.96. The van der Waals surface area contributed by atoms with Crippen molar-refractivity contribution in [2.24, 2.45) is 5.41 Å². The lowest BCUT2D eigenvalue weighted by Crippen LogP contribution is -2.53. The largest absolute Gasteiger partial charge is 0.480 e. The van der Waals surface area contributed by atoms with Gasteiger partial charge in [0.25, 0.3) is 5.91 Å². The van der Waals surface area contributed by atoms with Crippen molar-refractivity contribution < 1.29 is 14.6 Å². The summed E-state index contributed by atoms with van der Waals surface area (Å²) in [5.74, 6) is 0.318. The smallest absolute Gasteiger partial charge is 0.274 e. The summed E-state index contributed by atoms with van der Waals surface area (Å²) in [6.45, 7) is 3.14. The minimum atomic E-state index is -0.261. The van der Waals surface area contributed by atoms with Gasteiger partial charge in [-0.05, 0) is 31.7 Å². The average molecular weight is 320 g/mol. The van der Waals surface area contributed by atoms with E-state index in [0.717, 1.165) is 32.4 Å². The number of nitrogens with zero attached hydrogens (tertiary/aromatic N) is 4. The number of rotatable bonds is 2. The van der Waals surface area contributed by atoms with Crippen LogP contribution in [0.25, 0.3) is 0 Å². The molecule has 1 unspecified atom stereocenters. The van der Waals surface area contributed by atoms with E-state index in [9.17, 15) is 9.90 Å². The Morgan fingerprint density at radius 2 is 2.09 bits per heavy atom. The molecule has 2 aliphatic heterocycles. The van der Waals surface area contributed by atoms with Crippen molar-refractivity contribution in [3.8, 4) is 5.88 Å². The van der Waals surface area contributed by atoms with E-state index in [2.05, 4.69) is 21.9 Å². The first kappa shape index (κ1) is 16.1. The summed E-state index contributed by atoms with van der Waals surface area (Å²) in [5, 5.41) is 10.0. The molecule has 1 N–H and O–H groups in total. The molecule has 0 bridgehead atoms. The summed E-state index contributed by atoms with van der Waals surface area (Å²) in [6, 6.07) is 0. The van der Waals surface area contributed by atoms with Crippen LogP contribution in [0, 0.1) is 5.41 Å². The number of hydrogen-bond donors (Lipinski definition) is 1. The lowest BCUT2D eigenvalue weighted by molar-refractivity contribution is -0.0287. The lowest BCUT2D eigenvalue weighted by Gasteiger charge is -2.48. The third kappa shape index (κ3) is 3.45. The van der Waals surface area contributed by atoms with Gasteiger partial charge in [-0.15, -0.1) is 0 Å². The van der Waals surface area contributed by atoms with E-state index < -0.39 is 0 Å². The Morgan fingerprint density at radius 3 is 2.65 bits per heavy atom. The molecule has 2 saturated heterocycles. The van der Waals surface area contributed by atoms with Crippen LogP contribution in [-0.4, -0.2) is 77.2 Å². The van der Waals surface area contributed by atoms with Crippen molar-refractivity contribution >= 4 is 5.91 Å². The number of methoxy groups -OCH3 is 1. The Balaban J connectivity index is 1.62. The van der Waals surface area contributed by atoms with Crippen LogP contribution >= 0.6 is 0 Å². The first-order chi connectivity index (χ1) is 11.0. The Morgan fingerprint density at radius 1 is 1.35 bits per heavy atom. The number of hydrogen-bond acceptors (Lipinski definition) is 6. The SMILES string of the molecule is COc1cnc(C(=O)N2CCC3(CC2)CC(O)CN(C)C3)cn1. The molecule has 0 radical (unpaired) electrons.